The molecule has 0 aromatic heterocycles. The average molecular weight is 677 g/mol. The molecule has 18 nitrogen and oxygen atoms in total. The van der Waals surface area contributed by atoms with Crippen LogP contribution in [0.2, 0.25) is 0 Å². The van der Waals surface area contributed by atoms with E-state index in [0.29, 0.717) is 0 Å². The zero-order valence-electron chi connectivity index (χ0n) is 27.0. The first-order chi connectivity index (χ1) is 21.9. The number of aliphatic hydroxyl groups excluding tert-OH is 7. The lowest BCUT2D eigenvalue weighted by molar-refractivity contribution is -0.383. The highest BCUT2D eigenvalue weighted by molar-refractivity contribution is 4.97. The highest BCUT2D eigenvalue weighted by Gasteiger charge is 2.54. The molecule has 3 heterocycles. The molecular formula is C28H52O18. The van der Waals surface area contributed by atoms with Crippen molar-refractivity contribution in [2.75, 3.05) is 61.5 Å². The summed E-state index contributed by atoms with van der Waals surface area (Å²) in [5, 5.41) is 73.9. The van der Waals surface area contributed by atoms with Crippen molar-refractivity contribution in [1.29, 1.82) is 0 Å². The van der Waals surface area contributed by atoms with Gasteiger partial charge in [0.25, 0.3) is 0 Å². The number of hydrogen-bond donors (Lipinski definition) is 7. The van der Waals surface area contributed by atoms with Crippen molar-refractivity contribution in [2.24, 2.45) is 0 Å². The van der Waals surface area contributed by atoms with Crippen LogP contribution in [0.5, 0.6) is 0 Å². The molecule has 3 rings (SSSR count). The Hall–Kier alpha value is -0.720. The fourth-order valence-electron chi connectivity index (χ4n) is 5.42. The van der Waals surface area contributed by atoms with Gasteiger partial charge in [-0.15, -0.1) is 0 Å². The number of rotatable bonds is 17. The van der Waals surface area contributed by atoms with E-state index in [-0.39, 0.29) is 33.0 Å². The molecule has 18 heteroatoms. The predicted molar refractivity (Wildman–Crippen MR) is 151 cm³/mol. The molecule has 8 unspecified atom stereocenters. The number of ether oxygens (including phenoxy) is 11. The lowest BCUT2D eigenvalue weighted by atomic mass is 9.95. The fourth-order valence-corrected chi connectivity index (χ4v) is 5.42. The normalized spacial score (nSPS) is 43.4. The third-order valence-corrected chi connectivity index (χ3v) is 8.00. The Bertz CT molecular complexity index is 855. The molecule has 0 saturated carbocycles. The van der Waals surface area contributed by atoms with Crippen molar-refractivity contribution in [3.05, 3.63) is 0 Å². The molecule has 46 heavy (non-hydrogen) atoms. The van der Waals surface area contributed by atoms with E-state index in [4.69, 9.17) is 52.1 Å². The van der Waals surface area contributed by atoms with Crippen LogP contribution in [0.15, 0.2) is 0 Å². The summed E-state index contributed by atoms with van der Waals surface area (Å²) in [6.07, 6.45) is -21.8. The molecule has 0 aromatic carbocycles. The van der Waals surface area contributed by atoms with Gasteiger partial charge in [-0.3, -0.25) is 0 Å². The SMILES string of the molecule is COCC1O[C@@H](O[C@H]2C(O)C(O)[C@@H](O)O[C@@H]2COC)C(OCC(C)OC)[C@@H](O)[C@H]1O[C@H]1O[C@H](COCC(C)O)[C@@H](O)C(O)C1OC. The maximum atomic E-state index is 11.7. The predicted octanol–water partition coefficient (Wildman–Crippen LogP) is -4.15. The summed E-state index contributed by atoms with van der Waals surface area (Å²) in [5.41, 5.74) is 0. The fraction of sp³-hybridized carbons (Fsp3) is 1.00. The quantitative estimate of drug-likeness (QED) is 0.0773. The van der Waals surface area contributed by atoms with Crippen molar-refractivity contribution in [1.82, 2.24) is 0 Å². The van der Waals surface area contributed by atoms with Crippen LogP contribution in [0.3, 0.4) is 0 Å². The summed E-state index contributed by atoms with van der Waals surface area (Å²) < 4.78 is 62.4. The monoisotopic (exact) mass is 676 g/mol. The van der Waals surface area contributed by atoms with E-state index in [1.807, 2.05) is 0 Å². The van der Waals surface area contributed by atoms with Crippen LogP contribution in [0.1, 0.15) is 13.8 Å². The van der Waals surface area contributed by atoms with Crippen molar-refractivity contribution in [3.8, 4) is 0 Å². The van der Waals surface area contributed by atoms with E-state index < -0.39 is 104 Å². The third kappa shape index (κ3) is 9.93. The summed E-state index contributed by atoms with van der Waals surface area (Å²) in [6, 6.07) is 0. The Morgan fingerprint density at radius 1 is 0.587 bits per heavy atom. The van der Waals surface area contributed by atoms with Gasteiger partial charge in [-0.25, -0.2) is 0 Å². The third-order valence-electron chi connectivity index (χ3n) is 8.00. The van der Waals surface area contributed by atoms with Gasteiger partial charge in [0.15, 0.2) is 18.9 Å². The number of aliphatic hydroxyl groups is 7. The molecular weight excluding hydrogens is 624 g/mol. The molecule has 272 valence electrons. The van der Waals surface area contributed by atoms with Crippen LogP contribution >= 0.6 is 0 Å². The number of methoxy groups -OCH3 is 4. The summed E-state index contributed by atoms with van der Waals surface area (Å²) in [4.78, 5) is 0. The van der Waals surface area contributed by atoms with Gasteiger partial charge in [-0.2, -0.15) is 0 Å². The second-order valence-corrected chi connectivity index (χ2v) is 11.6. The summed E-state index contributed by atoms with van der Waals surface area (Å²) in [6.45, 7) is 2.69. The first kappa shape index (κ1) is 39.7. The molecule has 3 aliphatic rings. The molecule has 0 aliphatic carbocycles. The molecule has 3 saturated heterocycles. The van der Waals surface area contributed by atoms with E-state index in [2.05, 4.69) is 0 Å². The Morgan fingerprint density at radius 2 is 1.13 bits per heavy atom. The van der Waals surface area contributed by atoms with Crippen LogP contribution in [-0.2, 0) is 52.1 Å². The molecule has 0 radical (unpaired) electrons. The van der Waals surface area contributed by atoms with Crippen LogP contribution in [0.25, 0.3) is 0 Å². The van der Waals surface area contributed by atoms with Gasteiger partial charge < -0.3 is 87.9 Å². The molecule has 0 amide bonds. The molecule has 0 bridgehead atoms. The van der Waals surface area contributed by atoms with Crippen molar-refractivity contribution >= 4 is 0 Å². The standard InChI is InChI=1S/C28H52O18/c1-12(29)7-40-11-14-17(30)18(31)24(39-6)27(43-14)46-23-16(10-37-4)44-28(25(21(23)34)41-8-13(2)38-5)45-22-15(9-36-3)42-26(35)20(33)19(22)32/h12-35H,7-11H2,1-6H3/t12?,13?,14-,15-,16?,17-,18?,19?,20?,21+,22-,23+,24?,25?,26+,27-,28+/m1/s1. The van der Waals surface area contributed by atoms with Crippen LogP contribution in [-0.4, -0.2) is 202 Å². The van der Waals surface area contributed by atoms with Gasteiger partial charge >= 0.3 is 0 Å². The van der Waals surface area contributed by atoms with Gasteiger partial charge in [0.1, 0.15) is 73.2 Å². The first-order valence-electron chi connectivity index (χ1n) is 15.1. The Morgan fingerprint density at radius 3 is 1.70 bits per heavy atom. The summed E-state index contributed by atoms with van der Waals surface area (Å²) >= 11 is 0. The molecule has 3 aliphatic heterocycles. The Balaban J connectivity index is 1.88. The molecule has 0 spiro atoms. The summed E-state index contributed by atoms with van der Waals surface area (Å²) in [5.74, 6) is 0. The maximum absolute atomic E-state index is 11.7. The van der Waals surface area contributed by atoms with Crippen molar-refractivity contribution in [3.63, 3.8) is 0 Å². The van der Waals surface area contributed by atoms with E-state index in [9.17, 15) is 35.7 Å². The highest BCUT2D eigenvalue weighted by atomic mass is 16.8. The van der Waals surface area contributed by atoms with Crippen LogP contribution < -0.4 is 0 Å². The minimum absolute atomic E-state index is 0.0378. The summed E-state index contributed by atoms with van der Waals surface area (Å²) in [7, 11) is 5.52. The highest BCUT2D eigenvalue weighted by Crippen LogP contribution is 2.34. The van der Waals surface area contributed by atoms with Gasteiger partial charge in [0.05, 0.1) is 45.2 Å². The lowest BCUT2D eigenvalue weighted by Crippen LogP contribution is -2.67. The smallest absolute Gasteiger partial charge is 0.187 e. The van der Waals surface area contributed by atoms with E-state index in [1.165, 1.54) is 35.4 Å². The van der Waals surface area contributed by atoms with Crippen molar-refractivity contribution < 1.29 is 87.9 Å². The van der Waals surface area contributed by atoms with Crippen LogP contribution in [0, 0.1) is 0 Å². The van der Waals surface area contributed by atoms with E-state index in [1.54, 1.807) is 6.92 Å². The second kappa shape index (κ2) is 18.9. The van der Waals surface area contributed by atoms with E-state index in [0.717, 1.165) is 0 Å². The van der Waals surface area contributed by atoms with Crippen LogP contribution in [0.4, 0.5) is 0 Å². The largest absolute Gasteiger partial charge is 0.391 e. The molecule has 3 fully saturated rings. The van der Waals surface area contributed by atoms with Gasteiger partial charge in [-0.1, -0.05) is 0 Å². The maximum Gasteiger partial charge on any atom is 0.187 e. The minimum Gasteiger partial charge on any atom is -0.391 e. The van der Waals surface area contributed by atoms with Gasteiger partial charge in [-0.05, 0) is 13.8 Å². The Labute approximate surface area is 267 Å². The average Bonchev–Trinajstić information content (AvgIpc) is 3.01. The molecule has 7 N–H and O–H groups in total. The Kier molecular flexibility index (Phi) is 16.3. The molecule has 0 aromatic rings. The van der Waals surface area contributed by atoms with Crippen molar-refractivity contribution in [2.45, 2.75) is 118 Å². The minimum atomic E-state index is -1.72. The van der Waals surface area contributed by atoms with Gasteiger partial charge in [0.2, 0.25) is 0 Å². The first-order valence-corrected chi connectivity index (χ1v) is 15.1. The zero-order valence-corrected chi connectivity index (χ0v) is 27.0. The second-order valence-electron chi connectivity index (χ2n) is 11.6. The van der Waals surface area contributed by atoms with E-state index >= 15 is 0 Å². The van der Waals surface area contributed by atoms with Gasteiger partial charge in [0, 0.05) is 28.4 Å². The topological polar surface area (TPSA) is 243 Å². The zero-order chi connectivity index (χ0) is 34.1. The number of hydrogen-bond acceptors (Lipinski definition) is 18. The molecule has 17 atom stereocenters. The lowest BCUT2D eigenvalue weighted by Gasteiger charge is -2.49.